The van der Waals surface area contributed by atoms with E-state index >= 15 is 0 Å². The minimum atomic E-state index is -4.38. The van der Waals surface area contributed by atoms with Crippen LogP contribution in [0, 0.1) is 11.3 Å². The van der Waals surface area contributed by atoms with Crippen molar-refractivity contribution in [1.29, 1.82) is 5.26 Å². The number of hydrogen-bond acceptors (Lipinski definition) is 2. The van der Waals surface area contributed by atoms with Gasteiger partial charge in [-0.3, -0.25) is 4.21 Å². The van der Waals surface area contributed by atoms with Crippen LogP contribution >= 0.6 is 0 Å². The summed E-state index contributed by atoms with van der Waals surface area (Å²) in [6, 6.07) is 13.0. The van der Waals surface area contributed by atoms with Gasteiger partial charge in [-0.25, -0.2) is 0 Å². The lowest BCUT2D eigenvalue weighted by atomic mass is 9.87. The van der Waals surface area contributed by atoms with E-state index in [2.05, 4.69) is 11.1 Å². The van der Waals surface area contributed by atoms with Gasteiger partial charge in [0.2, 0.25) is 0 Å². The van der Waals surface area contributed by atoms with Gasteiger partial charge in [-0.05, 0) is 35.2 Å². The number of H-pyrrole nitrogens is 1. The fourth-order valence-electron chi connectivity index (χ4n) is 3.48. The third-order valence-electron chi connectivity index (χ3n) is 4.75. The molecule has 146 valence electrons. The Morgan fingerprint density at radius 2 is 1.89 bits per heavy atom. The molecule has 0 fully saturated rings. The molecule has 0 aliphatic heterocycles. The highest BCUT2D eigenvalue weighted by Crippen LogP contribution is 2.37. The minimum Gasteiger partial charge on any atom is -0.361 e. The van der Waals surface area contributed by atoms with E-state index in [1.54, 1.807) is 6.26 Å². The summed E-state index contributed by atoms with van der Waals surface area (Å²) in [7, 11) is -0.996. The van der Waals surface area contributed by atoms with Gasteiger partial charge in [0, 0.05) is 46.5 Å². The number of aromatic amines is 1. The van der Waals surface area contributed by atoms with Gasteiger partial charge in [-0.2, -0.15) is 18.4 Å². The van der Waals surface area contributed by atoms with Gasteiger partial charge in [0.25, 0.3) is 0 Å². The molecule has 0 aliphatic rings. The Bertz CT molecular complexity index is 1030. The van der Waals surface area contributed by atoms with Crippen molar-refractivity contribution < 1.29 is 17.4 Å². The lowest BCUT2D eigenvalue weighted by Crippen LogP contribution is -2.06. The number of nitrogens with zero attached hydrogens (tertiary/aromatic N) is 1. The first-order valence-electron chi connectivity index (χ1n) is 8.74. The fraction of sp³-hybridized carbons (Fsp3) is 0.286. The summed E-state index contributed by atoms with van der Waals surface area (Å²) in [5, 5.41) is 9.96. The van der Waals surface area contributed by atoms with Gasteiger partial charge in [-0.1, -0.05) is 30.3 Å². The Morgan fingerprint density at radius 3 is 2.50 bits per heavy atom. The second kappa shape index (κ2) is 8.19. The summed E-state index contributed by atoms with van der Waals surface area (Å²) in [5.74, 6) is 0.207. The maximum atomic E-state index is 12.9. The van der Waals surface area contributed by atoms with Crippen LogP contribution in [0.15, 0.2) is 48.7 Å². The maximum absolute atomic E-state index is 12.9. The zero-order valence-corrected chi connectivity index (χ0v) is 16.0. The summed E-state index contributed by atoms with van der Waals surface area (Å²) in [5.41, 5.74) is 2.77. The van der Waals surface area contributed by atoms with Crippen LogP contribution in [0.3, 0.4) is 0 Å². The Morgan fingerprint density at radius 1 is 1.18 bits per heavy atom. The summed E-state index contributed by atoms with van der Waals surface area (Å²) >= 11 is 0. The van der Waals surface area contributed by atoms with Crippen molar-refractivity contribution in [1.82, 2.24) is 4.98 Å². The summed E-state index contributed by atoms with van der Waals surface area (Å²) in [4.78, 5) is 3.23. The lowest BCUT2D eigenvalue weighted by molar-refractivity contribution is -0.137. The van der Waals surface area contributed by atoms with Crippen LogP contribution < -0.4 is 0 Å². The van der Waals surface area contributed by atoms with E-state index in [0.717, 1.165) is 39.7 Å². The van der Waals surface area contributed by atoms with E-state index in [9.17, 15) is 17.4 Å². The molecule has 2 aromatic carbocycles. The van der Waals surface area contributed by atoms with Crippen molar-refractivity contribution in [3.05, 3.63) is 70.9 Å². The van der Waals surface area contributed by atoms with Crippen LogP contribution in [-0.2, 0) is 22.7 Å². The molecule has 0 saturated heterocycles. The van der Waals surface area contributed by atoms with Gasteiger partial charge in [-0.15, -0.1) is 0 Å². The highest BCUT2D eigenvalue weighted by molar-refractivity contribution is 7.83. The molecule has 1 aromatic heterocycles. The van der Waals surface area contributed by atoms with E-state index in [0.29, 0.717) is 12.2 Å². The Balaban J connectivity index is 2.05. The first-order chi connectivity index (χ1) is 13.3. The van der Waals surface area contributed by atoms with Crippen molar-refractivity contribution in [2.45, 2.75) is 30.7 Å². The number of para-hydroxylation sites is 1. The van der Waals surface area contributed by atoms with Gasteiger partial charge < -0.3 is 4.98 Å². The molecule has 0 radical (unpaired) electrons. The number of alkyl halides is 3. The smallest absolute Gasteiger partial charge is 0.361 e. The van der Waals surface area contributed by atoms with Crippen molar-refractivity contribution >= 4 is 21.7 Å². The molecule has 0 saturated carbocycles. The highest BCUT2D eigenvalue weighted by atomic mass is 32.2. The van der Waals surface area contributed by atoms with Gasteiger partial charge in [0.1, 0.15) is 0 Å². The number of fused-ring (bicyclic) bond motifs is 1. The van der Waals surface area contributed by atoms with Crippen molar-refractivity contribution in [2.24, 2.45) is 0 Å². The lowest BCUT2D eigenvalue weighted by Gasteiger charge is -2.17. The molecule has 0 amide bonds. The zero-order chi connectivity index (χ0) is 20.3. The number of halogens is 3. The third kappa shape index (κ3) is 4.28. The quantitative estimate of drug-likeness (QED) is 0.590. The van der Waals surface area contributed by atoms with Crippen molar-refractivity contribution in [3.8, 4) is 6.07 Å². The third-order valence-corrected chi connectivity index (χ3v) is 5.47. The molecular weight excluding hydrogens is 385 g/mol. The van der Waals surface area contributed by atoms with E-state index in [4.69, 9.17) is 5.26 Å². The molecule has 0 bridgehead atoms. The predicted octanol–water partition coefficient (Wildman–Crippen LogP) is 5.50. The number of benzene rings is 2. The standard InChI is InChI=1S/C21H19F3N2OS/c1-28(27)13-15-4-2-5-18-19(12-26-20(15)18)17(6-3-11-25)14-7-9-16(10-8-14)21(22,23)24/h2,4-5,7-10,12,17,26H,3,6,13H2,1H3. The molecule has 3 aromatic rings. The van der Waals surface area contributed by atoms with Crippen LogP contribution in [0.4, 0.5) is 13.2 Å². The number of nitrogens with one attached hydrogen (secondary N) is 1. The van der Waals surface area contributed by atoms with Crippen LogP contribution in [0.25, 0.3) is 10.9 Å². The Kier molecular flexibility index (Phi) is 5.90. The second-order valence-electron chi connectivity index (χ2n) is 6.67. The second-order valence-corrected chi connectivity index (χ2v) is 8.11. The largest absolute Gasteiger partial charge is 0.416 e. The van der Waals surface area contributed by atoms with Gasteiger partial charge in [0.05, 0.1) is 17.4 Å². The average Bonchev–Trinajstić information content (AvgIpc) is 3.06. The number of aromatic nitrogens is 1. The molecule has 3 rings (SSSR count). The van der Waals surface area contributed by atoms with E-state index < -0.39 is 22.5 Å². The monoisotopic (exact) mass is 404 g/mol. The number of rotatable bonds is 6. The molecule has 1 heterocycles. The number of hydrogen-bond donors (Lipinski definition) is 1. The fourth-order valence-corrected chi connectivity index (χ4v) is 4.16. The van der Waals surface area contributed by atoms with Crippen LogP contribution in [-0.4, -0.2) is 15.4 Å². The maximum Gasteiger partial charge on any atom is 0.416 e. The molecule has 3 nitrogen and oxygen atoms in total. The zero-order valence-electron chi connectivity index (χ0n) is 15.2. The molecule has 1 N–H and O–H groups in total. The van der Waals surface area contributed by atoms with E-state index in [1.807, 2.05) is 24.4 Å². The van der Waals surface area contributed by atoms with E-state index in [-0.39, 0.29) is 12.3 Å². The van der Waals surface area contributed by atoms with Gasteiger partial charge in [0.15, 0.2) is 0 Å². The van der Waals surface area contributed by atoms with Crippen LogP contribution in [0.1, 0.15) is 41.0 Å². The SMILES string of the molecule is CS(=O)Cc1cccc2c(C(CCC#N)c3ccc(C(F)(F)F)cc3)c[nH]c12. The van der Waals surface area contributed by atoms with Crippen LogP contribution in [0.5, 0.6) is 0 Å². The molecule has 2 unspecified atom stereocenters. The van der Waals surface area contributed by atoms with Crippen molar-refractivity contribution in [3.63, 3.8) is 0 Å². The topological polar surface area (TPSA) is 56.6 Å². The molecule has 0 aliphatic carbocycles. The molecular formula is C21H19F3N2OS. The molecule has 28 heavy (non-hydrogen) atoms. The Hall–Kier alpha value is -2.59. The Labute approximate surface area is 163 Å². The number of nitriles is 1. The normalized spacial score (nSPS) is 14.0. The molecule has 7 heteroatoms. The van der Waals surface area contributed by atoms with Gasteiger partial charge >= 0.3 is 6.18 Å². The first kappa shape index (κ1) is 20.2. The van der Waals surface area contributed by atoms with Crippen molar-refractivity contribution in [2.75, 3.05) is 6.26 Å². The minimum absolute atomic E-state index is 0.210. The first-order valence-corrected chi connectivity index (χ1v) is 10.5. The summed E-state index contributed by atoms with van der Waals surface area (Å²) in [6.07, 6.45) is -0.116. The molecule has 2 atom stereocenters. The average molecular weight is 404 g/mol. The highest BCUT2D eigenvalue weighted by Gasteiger charge is 2.30. The summed E-state index contributed by atoms with van der Waals surface area (Å²) < 4.78 is 50.3. The van der Waals surface area contributed by atoms with E-state index in [1.165, 1.54) is 12.1 Å². The predicted molar refractivity (Wildman–Crippen MR) is 104 cm³/mol. The summed E-state index contributed by atoms with van der Waals surface area (Å²) in [6.45, 7) is 0. The van der Waals surface area contributed by atoms with Crippen LogP contribution in [0.2, 0.25) is 0 Å². The molecule has 0 spiro atoms.